The Morgan fingerprint density at radius 1 is 1.20 bits per heavy atom. The molecule has 20 heavy (non-hydrogen) atoms. The molecule has 108 valence electrons. The third kappa shape index (κ3) is 4.67. The zero-order valence-corrected chi connectivity index (χ0v) is 13.0. The van der Waals surface area contributed by atoms with Crippen LogP contribution in [0.1, 0.15) is 30.2 Å². The van der Waals surface area contributed by atoms with Crippen LogP contribution in [0.4, 0.5) is 0 Å². The Balaban J connectivity index is 1.91. The summed E-state index contributed by atoms with van der Waals surface area (Å²) < 4.78 is 0. The van der Waals surface area contributed by atoms with Crippen molar-refractivity contribution in [2.75, 3.05) is 13.1 Å². The van der Waals surface area contributed by atoms with Gasteiger partial charge in [-0.2, -0.15) is 0 Å². The van der Waals surface area contributed by atoms with Crippen molar-refractivity contribution < 1.29 is 0 Å². The topological polar surface area (TPSA) is 41.1 Å². The van der Waals surface area contributed by atoms with Crippen LogP contribution in [0, 0.1) is 0 Å². The lowest BCUT2D eigenvalue weighted by molar-refractivity contribution is 0.265. The number of pyridine rings is 1. The van der Waals surface area contributed by atoms with Crippen molar-refractivity contribution in [2.24, 2.45) is 0 Å². The van der Waals surface area contributed by atoms with Crippen LogP contribution in [0.15, 0.2) is 29.8 Å². The van der Waals surface area contributed by atoms with E-state index in [0.717, 1.165) is 49.1 Å². The Kier molecular flexibility index (Phi) is 6.11. The molecule has 0 bridgehead atoms. The highest BCUT2D eigenvalue weighted by atomic mass is 32.1. The van der Waals surface area contributed by atoms with Crippen LogP contribution in [0.3, 0.4) is 0 Å². The van der Waals surface area contributed by atoms with Crippen LogP contribution < -0.4 is 5.32 Å². The molecule has 0 radical (unpaired) electrons. The van der Waals surface area contributed by atoms with Gasteiger partial charge in [0.05, 0.1) is 11.4 Å². The van der Waals surface area contributed by atoms with Gasteiger partial charge in [-0.25, -0.2) is 4.98 Å². The van der Waals surface area contributed by atoms with E-state index < -0.39 is 0 Å². The van der Waals surface area contributed by atoms with Gasteiger partial charge in [-0.05, 0) is 25.2 Å². The number of rotatable bonds is 8. The molecule has 0 aliphatic rings. The summed E-state index contributed by atoms with van der Waals surface area (Å²) in [6.45, 7) is 8.89. The predicted octanol–water partition coefficient (Wildman–Crippen LogP) is 2.67. The first kappa shape index (κ1) is 15.1. The number of nitrogens with zero attached hydrogens (tertiary/aromatic N) is 3. The van der Waals surface area contributed by atoms with Gasteiger partial charge in [0.15, 0.2) is 0 Å². The highest BCUT2D eigenvalue weighted by Crippen LogP contribution is 2.13. The van der Waals surface area contributed by atoms with E-state index in [1.807, 2.05) is 18.3 Å². The van der Waals surface area contributed by atoms with E-state index in [0.29, 0.717) is 0 Å². The summed E-state index contributed by atoms with van der Waals surface area (Å²) >= 11 is 1.73. The summed E-state index contributed by atoms with van der Waals surface area (Å²) in [6.07, 6.45) is 1.85. The Labute approximate surface area is 124 Å². The summed E-state index contributed by atoms with van der Waals surface area (Å²) in [4.78, 5) is 11.4. The average molecular weight is 290 g/mol. The molecule has 0 saturated heterocycles. The second-order valence-corrected chi connectivity index (χ2v) is 5.58. The number of hydrogen-bond donors (Lipinski definition) is 1. The number of hydrogen-bond acceptors (Lipinski definition) is 5. The first-order chi connectivity index (χ1) is 9.81. The lowest BCUT2D eigenvalue weighted by Crippen LogP contribution is -2.23. The number of aromatic nitrogens is 2. The minimum Gasteiger partial charge on any atom is -0.311 e. The molecule has 0 aliphatic heterocycles. The molecule has 2 rings (SSSR count). The minimum atomic E-state index is 0.869. The highest BCUT2D eigenvalue weighted by molar-refractivity contribution is 7.09. The molecule has 1 N–H and O–H groups in total. The molecule has 0 aliphatic carbocycles. The van der Waals surface area contributed by atoms with Crippen LogP contribution in [0.2, 0.25) is 0 Å². The molecule has 2 heterocycles. The largest absolute Gasteiger partial charge is 0.311 e. The molecular formula is C15H22N4S. The molecule has 0 fully saturated rings. The van der Waals surface area contributed by atoms with Crippen molar-refractivity contribution in [3.05, 3.63) is 46.2 Å². The highest BCUT2D eigenvalue weighted by Gasteiger charge is 2.08. The van der Waals surface area contributed by atoms with Crippen LogP contribution in [-0.4, -0.2) is 28.0 Å². The number of thiazole rings is 1. The minimum absolute atomic E-state index is 0.869. The van der Waals surface area contributed by atoms with Crippen molar-refractivity contribution in [1.29, 1.82) is 0 Å². The Morgan fingerprint density at radius 3 is 2.75 bits per heavy atom. The second kappa shape index (κ2) is 8.09. The van der Waals surface area contributed by atoms with E-state index >= 15 is 0 Å². The van der Waals surface area contributed by atoms with Crippen molar-refractivity contribution in [1.82, 2.24) is 20.2 Å². The maximum atomic E-state index is 4.67. The molecule has 0 spiro atoms. The Bertz CT molecular complexity index is 498. The summed E-state index contributed by atoms with van der Waals surface area (Å²) in [7, 11) is 0. The fourth-order valence-electron chi connectivity index (χ4n) is 1.96. The quantitative estimate of drug-likeness (QED) is 0.811. The van der Waals surface area contributed by atoms with Crippen molar-refractivity contribution in [3.63, 3.8) is 0 Å². The van der Waals surface area contributed by atoms with Crippen LogP contribution in [-0.2, 0) is 19.6 Å². The van der Waals surface area contributed by atoms with E-state index in [2.05, 4.69) is 45.5 Å². The average Bonchev–Trinajstić information content (AvgIpc) is 2.93. The summed E-state index contributed by atoms with van der Waals surface area (Å²) in [5.41, 5.74) is 2.26. The lowest BCUT2D eigenvalue weighted by Gasteiger charge is -2.18. The van der Waals surface area contributed by atoms with Crippen molar-refractivity contribution in [2.45, 2.75) is 33.5 Å². The van der Waals surface area contributed by atoms with Crippen molar-refractivity contribution >= 4 is 11.3 Å². The second-order valence-electron chi connectivity index (χ2n) is 4.64. The summed E-state index contributed by atoms with van der Waals surface area (Å²) in [5.74, 6) is 0. The van der Waals surface area contributed by atoms with Gasteiger partial charge < -0.3 is 5.32 Å². The van der Waals surface area contributed by atoms with Gasteiger partial charge in [0.2, 0.25) is 0 Å². The fraction of sp³-hybridized carbons (Fsp3) is 0.467. The van der Waals surface area contributed by atoms with Gasteiger partial charge in [0.1, 0.15) is 5.01 Å². The SMILES string of the molecule is CCNCc1nc(CN(CC)Cc2ccccn2)cs1. The first-order valence-electron chi connectivity index (χ1n) is 7.08. The van der Waals surface area contributed by atoms with Crippen molar-refractivity contribution in [3.8, 4) is 0 Å². The fourth-order valence-corrected chi connectivity index (χ4v) is 2.72. The van der Waals surface area contributed by atoms with Crippen LogP contribution >= 0.6 is 11.3 Å². The molecule has 2 aromatic heterocycles. The third-order valence-electron chi connectivity index (χ3n) is 3.07. The normalized spacial score (nSPS) is 11.2. The van der Waals surface area contributed by atoms with Gasteiger partial charge in [-0.3, -0.25) is 9.88 Å². The maximum absolute atomic E-state index is 4.67. The summed E-state index contributed by atoms with van der Waals surface area (Å²) in [6, 6.07) is 6.06. The van der Waals surface area contributed by atoms with E-state index in [9.17, 15) is 0 Å². The lowest BCUT2D eigenvalue weighted by atomic mass is 10.3. The molecule has 2 aromatic rings. The van der Waals surface area contributed by atoms with Gasteiger partial charge in [-0.15, -0.1) is 11.3 Å². The van der Waals surface area contributed by atoms with Gasteiger partial charge in [0, 0.05) is 31.2 Å². The molecule has 0 aromatic carbocycles. The van der Waals surface area contributed by atoms with E-state index in [1.165, 1.54) is 0 Å². The van der Waals surface area contributed by atoms with E-state index in [4.69, 9.17) is 0 Å². The first-order valence-corrected chi connectivity index (χ1v) is 7.96. The maximum Gasteiger partial charge on any atom is 0.107 e. The Hall–Kier alpha value is -1.30. The zero-order valence-electron chi connectivity index (χ0n) is 12.2. The summed E-state index contributed by atoms with van der Waals surface area (Å²) in [5, 5.41) is 6.63. The number of nitrogens with one attached hydrogen (secondary N) is 1. The third-order valence-corrected chi connectivity index (χ3v) is 3.97. The van der Waals surface area contributed by atoms with Crippen LogP contribution in [0.25, 0.3) is 0 Å². The molecule has 4 nitrogen and oxygen atoms in total. The van der Waals surface area contributed by atoms with Gasteiger partial charge in [0.25, 0.3) is 0 Å². The Morgan fingerprint density at radius 2 is 2.05 bits per heavy atom. The monoisotopic (exact) mass is 290 g/mol. The standard InChI is InChI=1S/C15H22N4S/c1-3-16-9-15-18-14(12-20-15)11-19(4-2)10-13-7-5-6-8-17-13/h5-8,12,16H,3-4,9-11H2,1-2H3. The van der Waals surface area contributed by atoms with Gasteiger partial charge >= 0.3 is 0 Å². The van der Waals surface area contributed by atoms with E-state index in [-0.39, 0.29) is 0 Å². The van der Waals surface area contributed by atoms with E-state index in [1.54, 1.807) is 11.3 Å². The molecular weight excluding hydrogens is 268 g/mol. The smallest absolute Gasteiger partial charge is 0.107 e. The molecule has 0 atom stereocenters. The molecule has 5 heteroatoms. The molecule has 0 amide bonds. The van der Waals surface area contributed by atoms with Crippen LogP contribution in [0.5, 0.6) is 0 Å². The molecule has 0 saturated carbocycles. The predicted molar refractivity (Wildman–Crippen MR) is 83.5 cm³/mol. The van der Waals surface area contributed by atoms with Gasteiger partial charge in [-0.1, -0.05) is 19.9 Å². The zero-order chi connectivity index (χ0) is 14.2. The molecule has 0 unspecified atom stereocenters.